The summed E-state index contributed by atoms with van der Waals surface area (Å²) in [5.41, 5.74) is 1.79. The zero-order valence-corrected chi connectivity index (χ0v) is 24.0. The number of hydrogen-bond acceptors (Lipinski definition) is 6. The summed E-state index contributed by atoms with van der Waals surface area (Å²) in [7, 11) is 1.51. The lowest BCUT2D eigenvalue weighted by molar-refractivity contribution is -0.149. The number of carboxylic acids is 1. The van der Waals surface area contributed by atoms with E-state index in [1.807, 2.05) is 12.1 Å². The number of ether oxygens (including phenoxy) is 4. The monoisotopic (exact) mass is 589 g/mol. The Morgan fingerprint density at radius 2 is 1.60 bits per heavy atom. The molecule has 0 fully saturated rings. The van der Waals surface area contributed by atoms with Crippen molar-refractivity contribution in [3.8, 4) is 17.2 Å². The molecule has 1 N–H and O–H groups in total. The number of methoxy groups -OCH3 is 1. The number of benzene rings is 3. The summed E-state index contributed by atoms with van der Waals surface area (Å²) >= 11 is 12.2. The molecule has 0 bridgehead atoms. The zero-order chi connectivity index (χ0) is 28.9. The SMILES string of the molecule is CCOC(Cc1ccc(OCCN(CCCc2cc(Cl)cc(Cl)c2)C(=O)Oc2ccccc2OC)cc1)C(=O)O. The van der Waals surface area contributed by atoms with Gasteiger partial charge in [-0.05, 0) is 73.4 Å². The number of amides is 1. The Kier molecular flexibility index (Phi) is 12.4. The normalized spacial score (nSPS) is 11.5. The maximum absolute atomic E-state index is 13.1. The molecule has 1 atom stereocenters. The van der Waals surface area contributed by atoms with E-state index in [1.165, 1.54) is 7.11 Å². The van der Waals surface area contributed by atoms with E-state index in [2.05, 4.69) is 0 Å². The van der Waals surface area contributed by atoms with Gasteiger partial charge in [0.15, 0.2) is 17.6 Å². The van der Waals surface area contributed by atoms with Gasteiger partial charge in [-0.2, -0.15) is 0 Å². The van der Waals surface area contributed by atoms with Crippen LogP contribution in [0.25, 0.3) is 0 Å². The molecule has 0 aliphatic heterocycles. The quantitative estimate of drug-likeness (QED) is 0.215. The van der Waals surface area contributed by atoms with Gasteiger partial charge in [-0.15, -0.1) is 0 Å². The van der Waals surface area contributed by atoms with Gasteiger partial charge in [0.2, 0.25) is 0 Å². The van der Waals surface area contributed by atoms with Crippen molar-refractivity contribution >= 4 is 35.3 Å². The fourth-order valence-electron chi connectivity index (χ4n) is 4.01. The Labute approximate surface area is 244 Å². The first-order valence-electron chi connectivity index (χ1n) is 12.9. The summed E-state index contributed by atoms with van der Waals surface area (Å²) in [6, 6.07) is 19.5. The Hall–Kier alpha value is -3.46. The van der Waals surface area contributed by atoms with Gasteiger partial charge >= 0.3 is 12.1 Å². The third-order valence-corrected chi connectivity index (χ3v) is 6.39. The molecule has 214 valence electrons. The van der Waals surface area contributed by atoms with Gasteiger partial charge in [0.25, 0.3) is 0 Å². The summed E-state index contributed by atoms with van der Waals surface area (Å²) in [5, 5.41) is 10.4. The Morgan fingerprint density at radius 3 is 2.23 bits per heavy atom. The van der Waals surface area contributed by atoms with E-state index in [9.17, 15) is 14.7 Å². The highest BCUT2D eigenvalue weighted by molar-refractivity contribution is 6.34. The molecule has 0 heterocycles. The second-order valence-corrected chi connectivity index (χ2v) is 9.74. The lowest BCUT2D eigenvalue weighted by Crippen LogP contribution is -2.37. The largest absolute Gasteiger partial charge is 0.493 e. The minimum Gasteiger partial charge on any atom is -0.493 e. The van der Waals surface area contributed by atoms with Gasteiger partial charge < -0.3 is 29.0 Å². The second kappa shape index (κ2) is 16.0. The minimum absolute atomic E-state index is 0.222. The number of rotatable bonds is 15. The number of carbonyl (C=O) groups is 2. The molecule has 3 aromatic rings. The highest BCUT2D eigenvalue weighted by Gasteiger charge is 2.19. The van der Waals surface area contributed by atoms with E-state index in [-0.39, 0.29) is 19.6 Å². The standard InChI is InChI=1S/C30H33Cl2NO7/c1-3-38-28(29(34)35)19-21-10-12-25(13-11-21)39-16-15-33(14-6-7-22-17-23(31)20-24(32)18-22)30(36)40-27-9-5-4-8-26(27)37-2/h4-5,8-13,17-18,20,28H,3,6-7,14-16,19H2,1-2H3,(H,34,35). The number of aryl methyl sites for hydroxylation is 1. The highest BCUT2D eigenvalue weighted by atomic mass is 35.5. The van der Waals surface area contributed by atoms with Gasteiger partial charge in [-0.25, -0.2) is 9.59 Å². The molecule has 3 aromatic carbocycles. The second-order valence-electron chi connectivity index (χ2n) is 8.87. The van der Waals surface area contributed by atoms with Crippen molar-refractivity contribution in [2.24, 2.45) is 0 Å². The van der Waals surface area contributed by atoms with Crippen molar-refractivity contribution in [3.05, 3.63) is 87.9 Å². The average Bonchev–Trinajstić information content (AvgIpc) is 2.92. The molecule has 10 heteroatoms. The number of aliphatic carboxylic acids is 1. The maximum atomic E-state index is 13.1. The van der Waals surface area contributed by atoms with E-state index in [0.29, 0.717) is 53.3 Å². The number of carboxylic acid groups (broad SMARTS) is 1. The number of para-hydroxylation sites is 2. The predicted molar refractivity (Wildman–Crippen MR) is 154 cm³/mol. The van der Waals surface area contributed by atoms with Crippen LogP contribution in [-0.2, 0) is 22.4 Å². The molecule has 8 nitrogen and oxygen atoms in total. The zero-order valence-electron chi connectivity index (χ0n) is 22.5. The lowest BCUT2D eigenvalue weighted by Gasteiger charge is -2.23. The van der Waals surface area contributed by atoms with E-state index >= 15 is 0 Å². The van der Waals surface area contributed by atoms with Crippen LogP contribution in [0, 0.1) is 0 Å². The van der Waals surface area contributed by atoms with E-state index < -0.39 is 18.2 Å². The predicted octanol–water partition coefficient (Wildman–Crippen LogP) is 6.55. The molecule has 0 aromatic heterocycles. The minimum atomic E-state index is -0.999. The smallest absolute Gasteiger partial charge is 0.415 e. The third kappa shape index (κ3) is 9.93. The molecule has 40 heavy (non-hydrogen) atoms. The Morgan fingerprint density at radius 1 is 0.925 bits per heavy atom. The molecule has 1 unspecified atom stereocenters. The molecule has 0 radical (unpaired) electrons. The molecule has 0 spiro atoms. The summed E-state index contributed by atoms with van der Waals surface area (Å²) < 4.78 is 22.1. The van der Waals surface area contributed by atoms with Gasteiger partial charge in [0.1, 0.15) is 12.4 Å². The highest BCUT2D eigenvalue weighted by Crippen LogP contribution is 2.26. The van der Waals surface area contributed by atoms with Crippen LogP contribution in [0.1, 0.15) is 24.5 Å². The van der Waals surface area contributed by atoms with Crippen LogP contribution >= 0.6 is 23.2 Å². The fraction of sp³-hybridized carbons (Fsp3) is 0.333. The molecule has 3 rings (SSSR count). The average molecular weight is 591 g/mol. The summed E-state index contributed by atoms with van der Waals surface area (Å²) in [6.45, 7) is 2.99. The Balaban J connectivity index is 1.61. The van der Waals surface area contributed by atoms with Crippen LogP contribution in [0.15, 0.2) is 66.7 Å². The third-order valence-electron chi connectivity index (χ3n) is 5.96. The molecule has 0 aliphatic carbocycles. The van der Waals surface area contributed by atoms with Crippen LogP contribution in [-0.4, -0.2) is 61.6 Å². The summed E-state index contributed by atoms with van der Waals surface area (Å²) in [4.78, 5) is 26.0. The first-order chi connectivity index (χ1) is 19.3. The number of halogens is 2. The molecular formula is C30H33Cl2NO7. The molecule has 0 aliphatic rings. The number of hydrogen-bond donors (Lipinski definition) is 1. The van der Waals surface area contributed by atoms with Gasteiger partial charge in [0, 0.05) is 29.6 Å². The molecule has 0 saturated heterocycles. The molecule has 1 amide bonds. The van der Waals surface area contributed by atoms with Crippen molar-refractivity contribution in [2.75, 3.05) is 33.4 Å². The van der Waals surface area contributed by atoms with E-state index in [1.54, 1.807) is 66.4 Å². The maximum Gasteiger partial charge on any atom is 0.415 e. The molecule has 0 saturated carbocycles. The van der Waals surface area contributed by atoms with Crippen molar-refractivity contribution in [1.82, 2.24) is 4.90 Å². The fourth-order valence-corrected chi connectivity index (χ4v) is 4.58. The summed E-state index contributed by atoms with van der Waals surface area (Å²) in [5.74, 6) is 0.374. The van der Waals surface area contributed by atoms with Crippen LogP contribution in [0.5, 0.6) is 17.2 Å². The lowest BCUT2D eigenvalue weighted by atomic mass is 10.1. The van der Waals surface area contributed by atoms with Crippen LogP contribution in [0.3, 0.4) is 0 Å². The van der Waals surface area contributed by atoms with Crippen LogP contribution in [0.2, 0.25) is 10.0 Å². The van der Waals surface area contributed by atoms with Gasteiger partial charge in [-0.1, -0.05) is 47.5 Å². The van der Waals surface area contributed by atoms with Crippen molar-refractivity contribution < 1.29 is 33.6 Å². The van der Waals surface area contributed by atoms with Crippen molar-refractivity contribution in [1.29, 1.82) is 0 Å². The van der Waals surface area contributed by atoms with Crippen molar-refractivity contribution in [3.63, 3.8) is 0 Å². The van der Waals surface area contributed by atoms with Crippen LogP contribution < -0.4 is 14.2 Å². The van der Waals surface area contributed by atoms with Crippen molar-refractivity contribution in [2.45, 2.75) is 32.3 Å². The topological polar surface area (TPSA) is 94.5 Å². The van der Waals surface area contributed by atoms with Gasteiger partial charge in [0.05, 0.1) is 13.7 Å². The molecular weight excluding hydrogens is 557 g/mol. The first kappa shape index (κ1) is 31.1. The van der Waals surface area contributed by atoms with E-state index in [0.717, 1.165) is 11.1 Å². The summed E-state index contributed by atoms with van der Waals surface area (Å²) in [6.07, 6.45) is 0.145. The van der Waals surface area contributed by atoms with Crippen LogP contribution in [0.4, 0.5) is 4.79 Å². The number of carbonyl (C=O) groups excluding carboxylic acids is 1. The van der Waals surface area contributed by atoms with E-state index in [4.69, 9.17) is 42.1 Å². The first-order valence-corrected chi connectivity index (χ1v) is 13.7. The number of nitrogens with zero attached hydrogens (tertiary/aromatic N) is 1. The van der Waals surface area contributed by atoms with Gasteiger partial charge in [-0.3, -0.25) is 0 Å². The Bertz CT molecular complexity index is 1230.